The van der Waals surface area contributed by atoms with Crippen LogP contribution in [-0.4, -0.2) is 85.3 Å². The Hall–Kier alpha value is 0.270. The van der Waals surface area contributed by atoms with Crippen molar-refractivity contribution in [3.63, 3.8) is 0 Å². The van der Waals surface area contributed by atoms with Gasteiger partial charge < -0.3 is 15.0 Å². The summed E-state index contributed by atoms with van der Waals surface area (Å²) in [7, 11) is 0. The Morgan fingerprint density at radius 3 is 2.57 bits per heavy atom. The van der Waals surface area contributed by atoms with Crippen molar-refractivity contribution in [1.82, 2.24) is 15.1 Å². The SMILES string of the molecule is CCNC(=NCC1(N2CCOCC2)CCSC1)N1CCCC1.I. The second-order valence-electron chi connectivity index (χ2n) is 6.49. The lowest BCUT2D eigenvalue weighted by Crippen LogP contribution is -2.56. The Labute approximate surface area is 162 Å². The van der Waals surface area contributed by atoms with Crippen molar-refractivity contribution in [2.45, 2.75) is 31.7 Å². The molecule has 0 bridgehead atoms. The third kappa shape index (κ3) is 4.89. The van der Waals surface area contributed by atoms with Crippen molar-refractivity contribution in [3.05, 3.63) is 0 Å². The first-order valence-electron chi connectivity index (χ1n) is 8.78. The zero-order valence-corrected chi connectivity index (χ0v) is 17.4. The van der Waals surface area contributed by atoms with Crippen molar-refractivity contribution in [2.75, 3.05) is 64.0 Å². The second kappa shape index (κ2) is 9.68. The van der Waals surface area contributed by atoms with Crippen LogP contribution in [0.3, 0.4) is 0 Å². The van der Waals surface area contributed by atoms with E-state index in [9.17, 15) is 0 Å². The van der Waals surface area contributed by atoms with Crippen LogP contribution in [0.25, 0.3) is 0 Å². The van der Waals surface area contributed by atoms with Gasteiger partial charge in [-0.15, -0.1) is 24.0 Å². The molecule has 3 rings (SSSR count). The highest BCUT2D eigenvalue weighted by Gasteiger charge is 2.40. The molecule has 3 heterocycles. The number of aliphatic imine (C=N–C) groups is 1. The number of ether oxygens (including phenoxy) is 1. The summed E-state index contributed by atoms with van der Waals surface area (Å²) >= 11 is 2.09. The van der Waals surface area contributed by atoms with Gasteiger partial charge in [-0.3, -0.25) is 9.89 Å². The number of nitrogens with one attached hydrogen (secondary N) is 1. The second-order valence-corrected chi connectivity index (χ2v) is 7.60. The number of thioether (sulfide) groups is 1. The summed E-state index contributed by atoms with van der Waals surface area (Å²) in [5.41, 5.74) is 0.259. The van der Waals surface area contributed by atoms with Gasteiger partial charge in [-0.2, -0.15) is 11.8 Å². The number of nitrogens with zero attached hydrogens (tertiary/aromatic N) is 3. The van der Waals surface area contributed by atoms with E-state index in [-0.39, 0.29) is 29.5 Å². The third-order valence-corrected chi connectivity index (χ3v) is 6.26. The maximum absolute atomic E-state index is 5.54. The Bertz CT molecular complexity index is 378. The topological polar surface area (TPSA) is 40.1 Å². The highest BCUT2D eigenvalue weighted by Crippen LogP contribution is 2.34. The van der Waals surface area contributed by atoms with Gasteiger partial charge in [0.25, 0.3) is 0 Å². The van der Waals surface area contributed by atoms with Crippen LogP contribution >= 0.6 is 35.7 Å². The molecule has 23 heavy (non-hydrogen) atoms. The van der Waals surface area contributed by atoms with Crippen LogP contribution in [0.4, 0.5) is 0 Å². The molecule has 134 valence electrons. The molecule has 3 aliphatic rings. The van der Waals surface area contributed by atoms with E-state index < -0.39 is 0 Å². The fourth-order valence-electron chi connectivity index (χ4n) is 3.69. The van der Waals surface area contributed by atoms with Gasteiger partial charge in [-0.25, -0.2) is 0 Å². The molecule has 3 fully saturated rings. The average molecular weight is 454 g/mol. The summed E-state index contributed by atoms with van der Waals surface area (Å²) in [6.45, 7) is 10.2. The molecule has 0 aromatic rings. The molecule has 1 N–H and O–H groups in total. The monoisotopic (exact) mass is 454 g/mol. The molecule has 0 radical (unpaired) electrons. The minimum Gasteiger partial charge on any atom is -0.379 e. The molecule has 0 amide bonds. The fraction of sp³-hybridized carbons (Fsp3) is 0.938. The van der Waals surface area contributed by atoms with E-state index in [0.717, 1.165) is 58.4 Å². The van der Waals surface area contributed by atoms with Crippen molar-refractivity contribution in [2.24, 2.45) is 4.99 Å². The lowest BCUT2D eigenvalue weighted by molar-refractivity contribution is -0.0105. The number of likely N-dealkylation sites (tertiary alicyclic amines) is 1. The number of halogens is 1. The molecule has 1 unspecified atom stereocenters. The van der Waals surface area contributed by atoms with Crippen LogP contribution in [0.2, 0.25) is 0 Å². The summed E-state index contributed by atoms with van der Waals surface area (Å²) in [5, 5.41) is 3.49. The van der Waals surface area contributed by atoms with Gasteiger partial charge in [-0.05, 0) is 31.9 Å². The lowest BCUT2D eigenvalue weighted by Gasteiger charge is -2.42. The standard InChI is InChI=1S/C16H30N4OS.HI/c1-2-17-15(19-6-3-4-7-19)18-13-16(5-12-22-14-16)20-8-10-21-11-9-20;/h2-14H2,1H3,(H,17,18);1H. The van der Waals surface area contributed by atoms with E-state index in [1.54, 1.807) is 0 Å². The fourth-order valence-corrected chi connectivity index (χ4v) is 5.15. The number of morpholine rings is 1. The first-order valence-corrected chi connectivity index (χ1v) is 9.93. The van der Waals surface area contributed by atoms with E-state index >= 15 is 0 Å². The Morgan fingerprint density at radius 1 is 1.22 bits per heavy atom. The van der Waals surface area contributed by atoms with Gasteiger partial charge in [-0.1, -0.05) is 0 Å². The van der Waals surface area contributed by atoms with Gasteiger partial charge in [0.2, 0.25) is 0 Å². The molecule has 3 aliphatic heterocycles. The number of rotatable bonds is 4. The molecular weight excluding hydrogens is 423 g/mol. The van der Waals surface area contributed by atoms with Gasteiger partial charge in [0.15, 0.2) is 5.96 Å². The summed E-state index contributed by atoms with van der Waals surface area (Å²) in [6, 6.07) is 0. The molecule has 3 saturated heterocycles. The normalized spacial score (nSPS) is 29.6. The highest BCUT2D eigenvalue weighted by atomic mass is 127. The molecule has 1 atom stereocenters. The van der Waals surface area contributed by atoms with Crippen LogP contribution in [0.15, 0.2) is 4.99 Å². The van der Waals surface area contributed by atoms with E-state index in [1.807, 2.05) is 0 Å². The minimum atomic E-state index is 0. The van der Waals surface area contributed by atoms with Crippen molar-refractivity contribution >= 4 is 41.7 Å². The quantitative estimate of drug-likeness (QED) is 0.399. The summed E-state index contributed by atoms with van der Waals surface area (Å²) in [4.78, 5) is 10.1. The molecule has 0 spiro atoms. The van der Waals surface area contributed by atoms with E-state index in [4.69, 9.17) is 9.73 Å². The highest BCUT2D eigenvalue weighted by molar-refractivity contribution is 14.0. The Kier molecular flexibility index (Phi) is 8.24. The summed E-state index contributed by atoms with van der Waals surface area (Å²) in [5.74, 6) is 3.62. The zero-order valence-electron chi connectivity index (χ0n) is 14.3. The first-order chi connectivity index (χ1) is 10.8. The van der Waals surface area contributed by atoms with Crippen LogP contribution in [0.1, 0.15) is 26.2 Å². The molecular formula is C16H31IN4OS. The number of hydrogen-bond acceptors (Lipinski definition) is 4. The van der Waals surface area contributed by atoms with Crippen LogP contribution in [-0.2, 0) is 4.74 Å². The van der Waals surface area contributed by atoms with Crippen molar-refractivity contribution in [1.29, 1.82) is 0 Å². The molecule has 0 saturated carbocycles. The van der Waals surface area contributed by atoms with Crippen LogP contribution < -0.4 is 5.32 Å². The zero-order chi connectivity index (χ0) is 15.3. The third-order valence-electron chi connectivity index (χ3n) is 5.03. The predicted octanol–water partition coefficient (Wildman–Crippen LogP) is 1.87. The Balaban J connectivity index is 0.00000192. The maximum Gasteiger partial charge on any atom is 0.193 e. The van der Waals surface area contributed by atoms with E-state index in [1.165, 1.54) is 30.8 Å². The smallest absolute Gasteiger partial charge is 0.193 e. The average Bonchev–Trinajstić information content (AvgIpc) is 3.25. The van der Waals surface area contributed by atoms with Crippen LogP contribution in [0.5, 0.6) is 0 Å². The molecule has 5 nitrogen and oxygen atoms in total. The van der Waals surface area contributed by atoms with E-state index in [2.05, 4.69) is 33.8 Å². The largest absolute Gasteiger partial charge is 0.379 e. The molecule has 0 aliphatic carbocycles. The van der Waals surface area contributed by atoms with Crippen LogP contribution in [0, 0.1) is 0 Å². The maximum atomic E-state index is 5.54. The van der Waals surface area contributed by atoms with Crippen molar-refractivity contribution in [3.8, 4) is 0 Å². The number of hydrogen-bond donors (Lipinski definition) is 1. The van der Waals surface area contributed by atoms with Gasteiger partial charge in [0, 0.05) is 38.5 Å². The van der Waals surface area contributed by atoms with Gasteiger partial charge in [0.1, 0.15) is 0 Å². The summed E-state index contributed by atoms with van der Waals surface area (Å²) in [6.07, 6.45) is 3.87. The Morgan fingerprint density at radius 2 is 1.96 bits per heavy atom. The first kappa shape index (κ1) is 19.6. The molecule has 0 aromatic carbocycles. The van der Waals surface area contributed by atoms with Gasteiger partial charge in [0.05, 0.1) is 25.3 Å². The molecule has 7 heteroatoms. The minimum absolute atomic E-state index is 0. The summed E-state index contributed by atoms with van der Waals surface area (Å²) < 4.78 is 5.54. The predicted molar refractivity (Wildman–Crippen MR) is 109 cm³/mol. The number of guanidine groups is 1. The molecule has 0 aromatic heterocycles. The lowest BCUT2D eigenvalue weighted by atomic mass is 9.96. The van der Waals surface area contributed by atoms with Gasteiger partial charge >= 0.3 is 0 Å². The van der Waals surface area contributed by atoms with E-state index in [0.29, 0.717) is 0 Å². The van der Waals surface area contributed by atoms with Crippen molar-refractivity contribution < 1.29 is 4.74 Å².